The topological polar surface area (TPSA) is 93.0 Å². The number of carboxylic acid groups (broad SMARTS) is 1. The zero-order chi connectivity index (χ0) is 24.1. The lowest BCUT2D eigenvalue weighted by molar-refractivity contribution is -0.192. The second-order valence-corrected chi connectivity index (χ2v) is 8.98. The van der Waals surface area contributed by atoms with Crippen LogP contribution in [0.2, 0.25) is 0 Å². The van der Waals surface area contributed by atoms with Gasteiger partial charge in [-0.3, -0.25) is 9.69 Å². The van der Waals surface area contributed by atoms with Gasteiger partial charge in [0.2, 0.25) is 0 Å². The van der Waals surface area contributed by atoms with Crippen LogP contribution in [0.15, 0.2) is 18.3 Å². The first-order valence-electron chi connectivity index (χ1n) is 11.2. The van der Waals surface area contributed by atoms with Gasteiger partial charge in [-0.15, -0.1) is 0 Å². The Bertz CT molecular complexity index is 801. The van der Waals surface area contributed by atoms with Crippen molar-refractivity contribution in [1.82, 2.24) is 14.8 Å². The SMILES string of the molecule is Cn1cccc1C(=O)NCCC1CCOC12CN(CC1CCOCC1)C2.O=C(O)C(F)(F)F. The fourth-order valence-corrected chi connectivity index (χ4v) is 4.82. The minimum Gasteiger partial charge on any atom is -0.475 e. The van der Waals surface area contributed by atoms with Crippen molar-refractivity contribution in [2.75, 3.05) is 46.0 Å². The largest absolute Gasteiger partial charge is 0.490 e. The number of carbonyl (C=O) groups excluding carboxylic acids is 1. The zero-order valence-electron chi connectivity index (χ0n) is 18.8. The number of halogens is 3. The molecule has 4 heterocycles. The van der Waals surface area contributed by atoms with Crippen LogP contribution in [0.1, 0.15) is 36.2 Å². The molecule has 4 rings (SSSR count). The van der Waals surface area contributed by atoms with Crippen LogP contribution in [-0.4, -0.2) is 84.2 Å². The minimum atomic E-state index is -5.08. The Balaban J connectivity index is 0.000000383. The number of carboxylic acids is 1. The number of amides is 1. The lowest BCUT2D eigenvalue weighted by atomic mass is 9.78. The summed E-state index contributed by atoms with van der Waals surface area (Å²) in [5.41, 5.74) is 0.759. The van der Waals surface area contributed by atoms with Crippen LogP contribution in [-0.2, 0) is 21.3 Å². The molecule has 3 aliphatic heterocycles. The molecule has 1 aromatic heterocycles. The Morgan fingerprint density at radius 1 is 1.21 bits per heavy atom. The molecule has 33 heavy (non-hydrogen) atoms. The number of nitrogens with zero attached hydrogens (tertiary/aromatic N) is 2. The molecule has 0 aromatic carbocycles. The second kappa shape index (κ2) is 10.9. The van der Waals surface area contributed by atoms with Gasteiger partial charge in [-0.1, -0.05) is 0 Å². The number of aromatic nitrogens is 1. The van der Waals surface area contributed by atoms with Crippen LogP contribution in [0.4, 0.5) is 13.2 Å². The lowest BCUT2D eigenvalue weighted by Crippen LogP contribution is -2.65. The number of carbonyl (C=O) groups is 2. The van der Waals surface area contributed by atoms with Gasteiger partial charge in [0.25, 0.3) is 5.91 Å². The average molecular weight is 476 g/mol. The lowest BCUT2D eigenvalue weighted by Gasteiger charge is -2.51. The molecule has 3 fully saturated rings. The first-order chi connectivity index (χ1) is 15.6. The maximum absolute atomic E-state index is 12.2. The van der Waals surface area contributed by atoms with Crippen LogP contribution >= 0.6 is 0 Å². The van der Waals surface area contributed by atoms with E-state index in [0.717, 1.165) is 58.2 Å². The first kappa shape index (κ1) is 25.5. The number of likely N-dealkylation sites (tertiary alicyclic amines) is 1. The van der Waals surface area contributed by atoms with Crippen molar-refractivity contribution in [2.24, 2.45) is 18.9 Å². The van der Waals surface area contributed by atoms with Crippen molar-refractivity contribution < 1.29 is 37.3 Å². The van der Waals surface area contributed by atoms with E-state index in [1.165, 1.54) is 19.4 Å². The van der Waals surface area contributed by atoms with Gasteiger partial charge in [0, 0.05) is 59.2 Å². The van der Waals surface area contributed by atoms with Gasteiger partial charge in [0.1, 0.15) is 5.69 Å². The second-order valence-electron chi connectivity index (χ2n) is 8.98. The summed E-state index contributed by atoms with van der Waals surface area (Å²) >= 11 is 0. The summed E-state index contributed by atoms with van der Waals surface area (Å²) in [5, 5.41) is 10.2. The van der Waals surface area contributed by atoms with Crippen LogP contribution in [0.3, 0.4) is 0 Å². The van der Waals surface area contributed by atoms with Crippen LogP contribution in [0.5, 0.6) is 0 Å². The highest BCUT2D eigenvalue weighted by molar-refractivity contribution is 5.92. The van der Waals surface area contributed by atoms with E-state index >= 15 is 0 Å². The molecule has 1 atom stereocenters. The number of ether oxygens (including phenoxy) is 2. The van der Waals surface area contributed by atoms with E-state index in [0.29, 0.717) is 11.6 Å². The molecule has 0 bridgehead atoms. The summed E-state index contributed by atoms with van der Waals surface area (Å²) in [5.74, 6) is -1.40. The van der Waals surface area contributed by atoms with Crippen molar-refractivity contribution >= 4 is 11.9 Å². The molecule has 1 unspecified atom stereocenters. The summed E-state index contributed by atoms with van der Waals surface area (Å²) in [7, 11) is 1.90. The van der Waals surface area contributed by atoms with Gasteiger partial charge in [0.15, 0.2) is 0 Å². The van der Waals surface area contributed by atoms with Gasteiger partial charge < -0.3 is 24.5 Å². The summed E-state index contributed by atoms with van der Waals surface area (Å²) in [6, 6.07) is 3.76. The number of nitrogens with one attached hydrogen (secondary N) is 1. The molecule has 1 amide bonds. The molecular formula is C22H32F3N3O5. The molecule has 11 heteroatoms. The Kier molecular flexibility index (Phi) is 8.41. The van der Waals surface area contributed by atoms with Crippen molar-refractivity contribution in [3.63, 3.8) is 0 Å². The molecule has 2 N–H and O–H groups in total. The molecule has 3 aliphatic rings. The van der Waals surface area contributed by atoms with E-state index in [9.17, 15) is 18.0 Å². The average Bonchev–Trinajstić information content (AvgIpc) is 3.35. The fourth-order valence-electron chi connectivity index (χ4n) is 4.82. The van der Waals surface area contributed by atoms with E-state index in [1.54, 1.807) is 0 Å². The number of aliphatic carboxylic acids is 1. The van der Waals surface area contributed by atoms with Crippen molar-refractivity contribution in [2.45, 2.75) is 37.5 Å². The van der Waals surface area contributed by atoms with E-state index in [4.69, 9.17) is 19.4 Å². The van der Waals surface area contributed by atoms with Crippen LogP contribution in [0, 0.1) is 11.8 Å². The van der Waals surface area contributed by atoms with Gasteiger partial charge in [-0.25, -0.2) is 4.79 Å². The Labute approximate surface area is 191 Å². The van der Waals surface area contributed by atoms with Gasteiger partial charge >= 0.3 is 12.1 Å². The zero-order valence-corrected chi connectivity index (χ0v) is 18.8. The third-order valence-electron chi connectivity index (χ3n) is 6.64. The monoisotopic (exact) mass is 475 g/mol. The summed E-state index contributed by atoms with van der Waals surface area (Å²) in [6.45, 7) is 6.72. The number of alkyl halides is 3. The maximum atomic E-state index is 12.2. The third-order valence-corrected chi connectivity index (χ3v) is 6.64. The van der Waals surface area contributed by atoms with Crippen LogP contribution < -0.4 is 5.32 Å². The number of aryl methyl sites for hydroxylation is 1. The van der Waals surface area contributed by atoms with Crippen molar-refractivity contribution in [3.8, 4) is 0 Å². The fraction of sp³-hybridized carbons (Fsp3) is 0.727. The molecule has 0 radical (unpaired) electrons. The predicted molar refractivity (Wildman–Crippen MR) is 113 cm³/mol. The molecule has 8 nitrogen and oxygen atoms in total. The van der Waals surface area contributed by atoms with E-state index in [-0.39, 0.29) is 11.5 Å². The molecule has 1 aromatic rings. The highest BCUT2D eigenvalue weighted by atomic mass is 19.4. The highest BCUT2D eigenvalue weighted by Crippen LogP contribution is 2.42. The third kappa shape index (κ3) is 6.70. The van der Waals surface area contributed by atoms with E-state index < -0.39 is 12.1 Å². The standard InChI is InChI=1S/C20H31N3O3.C2HF3O2/c1-22-9-2-3-18(22)19(24)21-8-4-17-7-12-26-20(17)14-23(15-20)13-16-5-10-25-11-6-16;3-2(4,5)1(6)7/h2-3,9,16-17H,4-8,10-15H2,1H3,(H,21,24);(H,6,7). The quantitative estimate of drug-likeness (QED) is 0.656. The van der Waals surface area contributed by atoms with E-state index in [2.05, 4.69) is 10.2 Å². The highest BCUT2D eigenvalue weighted by Gasteiger charge is 2.52. The molecule has 186 valence electrons. The van der Waals surface area contributed by atoms with Crippen molar-refractivity contribution in [3.05, 3.63) is 24.0 Å². The van der Waals surface area contributed by atoms with Gasteiger partial charge in [-0.2, -0.15) is 13.2 Å². The summed E-state index contributed by atoms with van der Waals surface area (Å²) in [4.78, 5) is 23.7. The smallest absolute Gasteiger partial charge is 0.475 e. The Hall–Kier alpha value is -2.11. The molecule has 0 saturated carbocycles. The van der Waals surface area contributed by atoms with Gasteiger partial charge in [0.05, 0.1) is 5.60 Å². The Morgan fingerprint density at radius 3 is 2.45 bits per heavy atom. The minimum absolute atomic E-state index is 0.0141. The molecule has 1 spiro atoms. The van der Waals surface area contributed by atoms with E-state index in [1.807, 2.05) is 29.9 Å². The summed E-state index contributed by atoms with van der Waals surface area (Å²) in [6.07, 6.45) is 1.32. The predicted octanol–water partition coefficient (Wildman–Crippen LogP) is 2.30. The molecule has 0 aliphatic carbocycles. The van der Waals surface area contributed by atoms with Crippen molar-refractivity contribution in [1.29, 1.82) is 0 Å². The molecule has 3 saturated heterocycles. The number of hydrogen-bond donors (Lipinski definition) is 2. The Morgan fingerprint density at radius 2 is 1.88 bits per heavy atom. The van der Waals surface area contributed by atoms with Gasteiger partial charge in [-0.05, 0) is 49.7 Å². The van der Waals surface area contributed by atoms with Crippen LogP contribution in [0.25, 0.3) is 0 Å². The first-order valence-corrected chi connectivity index (χ1v) is 11.2. The number of hydrogen-bond acceptors (Lipinski definition) is 5. The normalized spacial score (nSPS) is 23.0. The number of rotatable bonds is 6. The molecular weight excluding hydrogens is 443 g/mol. The maximum Gasteiger partial charge on any atom is 0.490 e. The summed E-state index contributed by atoms with van der Waals surface area (Å²) < 4.78 is 45.2.